The number of hydrogen-bond donors (Lipinski definition) is 2. The summed E-state index contributed by atoms with van der Waals surface area (Å²) in [6.45, 7) is 4.17. The number of fused-ring (bicyclic) bond motifs is 1. The summed E-state index contributed by atoms with van der Waals surface area (Å²) in [4.78, 5) is 0. The zero-order valence-electron chi connectivity index (χ0n) is 10.9. The van der Waals surface area contributed by atoms with Crippen LogP contribution < -0.4 is 5.32 Å². The topological polar surface area (TPSA) is 70.9 Å². The molecule has 0 spiro atoms. The third kappa shape index (κ3) is 2.22. The second-order valence-electron chi connectivity index (χ2n) is 4.61. The number of H-pyrrole nitrogens is 1. The molecule has 0 aliphatic heterocycles. The normalized spacial score (nSPS) is 14.6. The van der Waals surface area contributed by atoms with Crippen LogP contribution in [-0.2, 0) is 0 Å². The predicted octanol–water partition coefficient (Wildman–Crippen LogP) is 1.86. The minimum atomic E-state index is 0.0932. The van der Waals surface area contributed by atoms with E-state index >= 15 is 0 Å². The van der Waals surface area contributed by atoms with Crippen LogP contribution in [0.25, 0.3) is 5.65 Å². The number of rotatable bonds is 4. The van der Waals surface area contributed by atoms with Crippen LogP contribution in [0.4, 0.5) is 0 Å². The van der Waals surface area contributed by atoms with Crippen LogP contribution in [0, 0.1) is 0 Å². The molecule has 0 bridgehead atoms. The van der Waals surface area contributed by atoms with Crippen molar-refractivity contribution < 1.29 is 0 Å². The van der Waals surface area contributed by atoms with Crippen molar-refractivity contribution in [3.8, 4) is 0 Å². The third-order valence-corrected chi connectivity index (χ3v) is 3.22. The fourth-order valence-electron chi connectivity index (χ4n) is 2.20. The van der Waals surface area contributed by atoms with Crippen LogP contribution in [-0.4, -0.2) is 24.8 Å². The van der Waals surface area contributed by atoms with E-state index in [0.29, 0.717) is 0 Å². The first-order valence-corrected chi connectivity index (χ1v) is 6.30. The molecule has 0 radical (unpaired) electrons. The molecule has 0 aromatic carbocycles. The molecular weight excluding hydrogens is 240 g/mol. The molecule has 19 heavy (non-hydrogen) atoms. The van der Waals surface area contributed by atoms with Gasteiger partial charge in [0.15, 0.2) is 11.5 Å². The number of pyridine rings is 1. The van der Waals surface area contributed by atoms with Crippen molar-refractivity contribution in [2.45, 2.75) is 25.9 Å². The summed E-state index contributed by atoms with van der Waals surface area (Å²) in [7, 11) is 0. The summed E-state index contributed by atoms with van der Waals surface area (Å²) < 4.78 is 2.00. The Morgan fingerprint density at radius 3 is 2.84 bits per heavy atom. The first-order chi connectivity index (χ1) is 9.25. The molecule has 0 aliphatic carbocycles. The molecule has 2 atom stereocenters. The lowest BCUT2D eigenvalue weighted by Gasteiger charge is -2.17. The van der Waals surface area contributed by atoms with Crippen molar-refractivity contribution in [2.24, 2.45) is 0 Å². The quantitative estimate of drug-likeness (QED) is 0.747. The molecule has 2 unspecified atom stereocenters. The molecule has 0 fully saturated rings. The van der Waals surface area contributed by atoms with Crippen LogP contribution in [0.1, 0.15) is 37.4 Å². The maximum Gasteiger partial charge on any atom is 0.160 e. The Kier molecular flexibility index (Phi) is 3.00. The summed E-state index contributed by atoms with van der Waals surface area (Å²) in [5.41, 5.74) is 1.92. The van der Waals surface area contributed by atoms with Crippen molar-refractivity contribution in [3.05, 3.63) is 48.2 Å². The van der Waals surface area contributed by atoms with Gasteiger partial charge in [-0.3, -0.25) is 14.8 Å². The van der Waals surface area contributed by atoms with E-state index in [1.54, 1.807) is 6.20 Å². The lowest BCUT2D eigenvalue weighted by atomic mass is 10.2. The molecular formula is C13H16N6. The first-order valence-electron chi connectivity index (χ1n) is 6.30. The average molecular weight is 256 g/mol. The molecule has 3 rings (SSSR count). The van der Waals surface area contributed by atoms with Gasteiger partial charge in [-0.15, -0.1) is 10.2 Å². The fourth-order valence-corrected chi connectivity index (χ4v) is 2.20. The molecule has 0 saturated carbocycles. The molecule has 0 aliphatic rings. The van der Waals surface area contributed by atoms with E-state index in [1.807, 2.05) is 34.9 Å². The van der Waals surface area contributed by atoms with Crippen LogP contribution in [0.2, 0.25) is 0 Å². The van der Waals surface area contributed by atoms with Gasteiger partial charge in [0.2, 0.25) is 0 Å². The molecule has 0 amide bonds. The van der Waals surface area contributed by atoms with Crippen LogP contribution in [0.15, 0.2) is 36.7 Å². The van der Waals surface area contributed by atoms with Gasteiger partial charge < -0.3 is 0 Å². The second-order valence-corrected chi connectivity index (χ2v) is 4.61. The largest absolute Gasteiger partial charge is 0.299 e. The van der Waals surface area contributed by atoms with Crippen molar-refractivity contribution in [2.75, 3.05) is 0 Å². The number of aromatic nitrogens is 5. The molecule has 3 aromatic heterocycles. The van der Waals surface area contributed by atoms with E-state index < -0.39 is 0 Å². The Balaban J connectivity index is 1.82. The third-order valence-electron chi connectivity index (χ3n) is 3.22. The minimum Gasteiger partial charge on any atom is -0.299 e. The number of nitrogens with zero attached hydrogens (tertiary/aromatic N) is 4. The summed E-state index contributed by atoms with van der Waals surface area (Å²) in [5, 5.41) is 18.8. The number of hydrogen-bond acceptors (Lipinski definition) is 4. The number of nitrogens with one attached hydrogen (secondary N) is 2. The van der Waals surface area contributed by atoms with E-state index in [2.05, 4.69) is 39.6 Å². The van der Waals surface area contributed by atoms with Gasteiger partial charge in [-0.05, 0) is 32.0 Å². The van der Waals surface area contributed by atoms with E-state index in [9.17, 15) is 0 Å². The van der Waals surface area contributed by atoms with E-state index in [-0.39, 0.29) is 12.1 Å². The van der Waals surface area contributed by atoms with Crippen LogP contribution in [0.3, 0.4) is 0 Å². The highest BCUT2D eigenvalue weighted by Crippen LogP contribution is 2.17. The molecule has 6 heteroatoms. The van der Waals surface area contributed by atoms with Crippen molar-refractivity contribution >= 4 is 5.65 Å². The smallest absolute Gasteiger partial charge is 0.160 e. The Bertz CT molecular complexity index is 657. The average Bonchev–Trinajstić information content (AvgIpc) is 3.08. The Morgan fingerprint density at radius 2 is 2.05 bits per heavy atom. The van der Waals surface area contributed by atoms with Gasteiger partial charge in [0.25, 0.3) is 0 Å². The molecule has 2 N–H and O–H groups in total. The summed E-state index contributed by atoms with van der Waals surface area (Å²) >= 11 is 0. The maximum atomic E-state index is 4.25. The Labute approximate surface area is 110 Å². The van der Waals surface area contributed by atoms with Crippen molar-refractivity contribution in [3.63, 3.8) is 0 Å². The van der Waals surface area contributed by atoms with Gasteiger partial charge in [-0.2, -0.15) is 5.10 Å². The molecule has 6 nitrogen and oxygen atoms in total. The minimum absolute atomic E-state index is 0.0932. The van der Waals surface area contributed by atoms with E-state index in [1.165, 1.54) is 0 Å². The highest BCUT2D eigenvalue weighted by Gasteiger charge is 2.16. The lowest BCUT2D eigenvalue weighted by Crippen LogP contribution is -2.24. The number of aromatic amines is 1. The zero-order valence-corrected chi connectivity index (χ0v) is 10.9. The molecule has 3 aromatic rings. The van der Waals surface area contributed by atoms with Gasteiger partial charge in [-0.1, -0.05) is 6.07 Å². The SMILES string of the molecule is CC(NC(C)c1nnc2ccccn12)c1ccn[nH]1. The predicted molar refractivity (Wildman–Crippen MR) is 71.5 cm³/mol. The Hall–Kier alpha value is -2.21. The molecule has 98 valence electrons. The van der Waals surface area contributed by atoms with Crippen molar-refractivity contribution in [1.29, 1.82) is 0 Å². The second kappa shape index (κ2) is 4.81. The highest BCUT2D eigenvalue weighted by atomic mass is 15.3. The lowest BCUT2D eigenvalue weighted by molar-refractivity contribution is 0.466. The van der Waals surface area contributed by atoms with Gasteiger partial charge in [0, 0.05) is 18.4 Å². The van der Waals surface area contributed by atoms with Crippen LogP contribution >= 0.6 is 0 Å². The Morgan fingerprint density at radius 1 is 1.16 bits per heavy atom. The summed E-state index contributed by atoms with van der Waals surface area (Å²) in [6, 6.07) is 8.11. The van der Waals surface area contributed by atoms with E-state index in [0.717, 1.165) is 17.2 Å². The standard InChI is InChI=1S/C13H16N6/c1-9(11-6-7-14-16-11)15-10(2)13-18-17-12-5-3-4-8-19(12)13/h3-10,15H,1-2H3,(H,14,16). The highest BCUT2D eigenvalue weighted by molar-refractivity contribution is 5.37. The first kappa shape index (κ1) is 11.9. The van der Waals surface area contributed by atoms with Crippen molar-refractivity contribution in [1.82, 2.24) is 30.1 Å². The van der Waals surface area contributed by atoms with E-state index in [4.69, 9.17) is 0 Å². The fraction of sp³-hybridized carbons (Fsp3) is 0.308. The maximum absolute atomic E-state index is 4.25. The monoisotopic (exact) mass is 256 g/mol. The molecule has 0 saturated heterocycles. The molecule has 3 heterocycles. The summed E-state index contributed by atoms with van der Waals surface area (Å²) in [6.07, 6.45) is 3.73. The zero-order chi connectivity index (χ0) is 13.2. The van der Waals surface area contributed by atoms with Gasteiger partial charge >= 0.3 is 0 Å². The van der Waals surface area contributed by atoms with Gasteiger partial charge in [-0.25, -0.2) is 0 Å². The summed E-state index contributed by atoms with van der Waals surface area (Å²) in [5.74, 6) is 0.905. The van der Waals surface area contributed by atoms with Crippen LogP contribution in [0.5, 0.6) is 0 Å². The van der Waals surface area contributed by atoms with Gasteiger partial charge in [0.1, 0.15) is 0 Å². The van der Waals surface area contributed by atoms with Gasteiger partial charge in [0.05, 0.1) is 11.7 Å².